The maximum absolute atomic E-state index is 12.4. The Balaban J connectivity index is 3.29. The lowest BCUT2D eigenvalue weighted by molar-refractivity contribution is -0.138. The summed E-state index contributed by atoms with van der Waals surface area (Å²) in [5.41, 5.74) is 5.11. The Bertz CT molecular complexity index is 351. The van der Waals surface area contributed by atoms with Gasteiger partial charge in [0, 0.05) is 15.1 Å². The molecule has 0 aliphatic rings. The van der Waals surface area contributed by atoms with Crippen molar-refractivity contribution in [1.29, 1.82) is 0 Å². The van der Waals surface area contributed by atoms with Gasteiger partial charge in [-0.05, 0) is 40.3 Å². The van der Waals surface area contributed by atoms with Crippen molar-refractivity contribution in [2.45, 2.75) is 12.7 Å². The minimum absolute atomic E-state index is 0.0558. The predicted molar refractivity (Wildman–Crippen MR) is 57.1 cm³/mol. The summed E-state index contributed by atoms with van der Waals surface area (Å²) in [6.45, 7) is 0.132. The number of halogens is 5. The van der Waals surface area contributed by atoms with Crippen molar-refractivity contribution < 1.29 is 13.2 Å². The molecular weight excluding hydrogens is 329 g/mol. The summed E-state index contributed by atoms with van der Waals surface area (Å²) in [4.78, 5) is 0. The maximum atomic E-state index is 12.4. The van der Waals surface area contributed by atoms with Gasteiger partial charge in [0.25, 0.3) is 0 Å². The molecule has 0 saturated carbocycles. The van der Waals surface area contributed by atoms with Crippen LogP contribution in [0.5, 0.6) is 0 Å². The second-order valence-electron chi connectivity index (χ2n) is 2.63. The Morgan fingerprint density at radius 1 is 1.36 bits per heavy atom. The van der Waals surface area contributed by atoms with Crippen LogP contribution in [0.1, 0.15) is 11.1 Å². The largest absolute Gasteiger partial charge is 0.417 e. The van der Waals surface area contributed by atoms with Crippen LogP contribution in [0.2, 0.25) is 5.02 Å². The Morgan fingerprint density at radius 3 is 2.36 bits per heavy atom. The van der Waals surface area contributed by atoms with Gasteiger partial charge in [-0.3, -0.25) is 0 Å². The Hall–Kier alpha value is -0.0100. The van der Waals surface area contributed by atoms with E-state index >= 15 is 0 Å². The van der Waals surface area contributed by atoms with E-state index in [1.54, 1.807) is 22.6 Å². The quantitative estimate of drug-likeness (QED) is 0.782. The van der Waals surface area contributed by atoms with Crippen molar-refractivity contribution >= 4 is 34.2 Å². The summed E-state index contributed by atoms with van der Waals surface area (Å²) in [6, 6.07) is 2.26. The fraction of sp³-hybridized carbons (Fsp3) is 0.250. The Kier molecular flexibility index (Phi) is 3.65. The lowest BCUT2D eigenvalue weighted by atomic mass is 10.1. The van der Waals surface area contributed by atoms with Gasteiger partial charge >= 0.3 is 6.18 Å². The molecule has 0 spiro atoms. The third kappa shape index (κ3) is 2.52. The van der Waals surface area contributed by atoms with E-state index in [-0.39, 0.29) is 15.1 Å². The van der Waals surface area contributed by atoms with Gasteiger partial charge < -0.3 is 5.73 Å². The molecule has 2 N–H and O–H groups in total. The molecule has 1 aromatic carbocycles. The van der Waals surface area contributed by atoms with E-state index in [9.17, 15) is 13.2 Å². The van der Waals surface area contributed by atoms with E-state index in [0.717, 1.165) is 6.07 Å². The van der Waals surface area contributed by atoms with Crippen molar-refractivity contribution in [3.63, 3.8) is 0 Å². The standard InChI is InChI=1S/C8H6ClF3IN/c9-6-2-5(8(10,11)12)7(13)1-4(6)3-14/h1-2H,3,14H2. The molecular formula is C8H6ClF3IN. The first-order valence-electron chi connectivity index (χ1n) is 3.61. The van der Waals surface area contributed by atoms with Crippen molar-refractivity contribution in [2.75, 3.05) is 0 Å². The van der Waals surface area contributed by atoms with E-state index in [4.69, 9.17) is 17.3 Å². The average molecular weight is 335 g/mol. The monoisotopic (exact) mass is 335 g/mol. The average Bonchev–Trinajstić information content (AvgIpc) is 2.06. The zero-order valence-electron chi connectivity index (χ0n) is 6.83. The second kappa shape index (κ2) is 4.24. The molecule has 1 rings (SSSR count). The third-order valence-corrected chi connectivity index (χ3v) is 2.91. The Morgan fingerprint density at radius 2 is 1.93 bits per heavy atom. The van der Waals surface area contributed by atoms with Crippen molar-refractivity contribution in [3.05, 3.63) is 31.9 Å². The second-order valence-corrected chi connectivity index (χ2v) is 4.19. The summed E-state index contributed by atoms with van der Waals surface area (Å²) in [7, 11) is 0. The van der Waals surface area contributed by atoms with Gasteiger partial charge in [-0.2, -0.15) is 13.2 Å². The van der Waals surface area contributed by atoms with Crippen molar-refractivity contribution in [3.8, 4) is 0 Å². The first-order chi connectivity index (χ1) is 6.36. The van der Waals surface area contributed by atoms with Crippen LogP contribution < -0.4 is 5.73 Å². The molecule has 14 heavy (non-hydrogen) atoms. The van der Waals surface area contributed by atoms with Crippen LogP contribution in [-0.2, 0) is 12.7 Å². The minimum Gasteiger partial charge on any atom is -0.326 e. The highest BCUT2D eigenvalue weighted by molar-refractivity contribution is 14.1. The first kappa shape index (κ1) is 12.1. The van der Waals surface area contributed by atoms with Crippen LogP contribution in [0.15, 0.2) is 12.1 Å². The van der Waals surface area contributed by atoms with Gasteiger partial charge in [-0.1, -0.05) is 11.6 Å². The van der Waals surface area contributed by atoms with E-state index in [1.165, 1.54) is 6.07 Å². The highest BCUT2D eigenvalue weighted by atomic mass is 127. The van der Waals surface area contributed by atoms with Crippen LogP contribution in [-0.4, -0.2) is 0 Å². The topological polar surface area (TPSA) is 26.0 Å². The van der Waals surface area contributed by atoms with Crippen molar-refractivity contribution in [2.24, 2.45) is 5.73 Å². The SMILES string of the molecule is NCc1cc(I)c(C(F)(F)F)cc1Cl. The van der Waals surface area contributed by atoms with Gasteiger partial charge in [0.1, 0.15) is 0 Å². The van der Waals surface area contributed by atoms with Gasteiger partial charge in [0.15, 0.2) is 0 Å². The van der Waals surface area contributed by atoms with Gasteiger partial charge in [0.2, 0.25) is 0 Å². The molecule has 0 aromatic heterocycles. The Labute approximate surface area is 97.6 Å². The van der Waals surface area contributed by atoms with Crippen LogP contribution in [0, 0.1) is 3.57 Å². The van der Waals surface area contributed by atoms with Crippen LogP contribution in [0.25, 0.3) is 0 Å². The fourth-order valence-electron chi connectivity index (χ4n) is 0.962. The molecule has 0 aliphatic carbocycles. The number of alkyl halides is 3. The first-order valence-corrected chi connectivity index (χ1v) is 5.07. The number of benzene rings is 1. The number of nitrogens with two attached hydrogens (primary N) is 1. The van der Waals surface area contributed by atoms with Crippen LogP contribution >= 0.6 is 34.2 Å². The zero-order valence-corrected chi connectivity index (χ0v) is 9.74. The summed E-state index contributed by atoms with van der Waals surface area (Å²) >= 11 is 7.24. The summed E-state index contributed by atoms with van der Waals surface area (Å²) < 4.78 is 37.2. The van der Waals surface area contributed by atoms with Gasteiger partial charge in [-0.25, -0.2) is 0 Å². The van der Waals surface area contributed by atoms with Gasteiger partial charge in [-0.15, -0.1) is 0 Å². The van der Waals surface area contributed by atoms with E-state index < -0.39 is 11.7 Å². The molecule has 0 fully saturated rings. The minimum atomic E-state index is -4.37. The lowest BCUT2D eigenvalue weighted by Gasteiger charge is -2.11. The molecule has 1 nitrogen and oxygen atoms in total. The van der Waals surface area contributed by atoms with E-state index in [1.807, 2.05) is 0 Å². The summed E-state index contributed by atoms with van der Waals surface area (Å²) in [5.74, 6) is 0. The van der Waals surface area contributed by atoms with Gasteiger partial charge in [0.05, 0.1) is 5.56 Å². The fourth-order valence-corrected chi connectivity index (χ4v) is 2.04. The van der Waals surface area contributed by atoms with E-state index in [0.29, 0.717) is 5.56 Å². The highest BCUT2D eigenvalue weighted by Gasteiger charge is 2.33. The third-order valence-electron chi connectivity index (χ3n) is 1.66. The molecule has 6 heteroatoms. The lowest BCUT2D eigenvalue weighted by Crippen LogP contribution is -2.09. The zero-order chi connectivity index (χ0) is 10.9. The molecule has 0 bridgehead atoms. The smallest absolute Gasteiger partial charge is 0.326 e. The summed E-state index contributed by atoms with van der Waals surface area (Å²) in [5, 5.41) is 0.0558. The number of rotatable bonds is 1. The molecule has 1 aromatic rings. The van der Waals surface area contributed by atoms with Crippen LogP contribution in [0.4, 0.5) is 13.2 Å². The maximum Gasteiger partial charge on any atom is 0.417 e. The molecule has 0 unspecified atom stereocenters. The molecule has 0 heterocycles. The molecule has 0 aliphatic heterocycles. The molecule has 78 valence electrons. The van der Waals surface area contributed by atoms with E-state index in [2.05, 4.69) is 0 Å². The number of hydrogen-bond acceptors (Lipinski definition) is 1. The highest BCUT2D eigenvalue weighted by Crippen LogP contribution is 2.35. The normalized spacial score (nSPS) is 11.9. The molecule has 0 atom stereocenters. The molecule has 0 amide bonds. The molecule has 0 radical (unpaired) electrons. The molecule has 0 saturated heterocycles. The van der Waals surface area contributed by atoms with Crippen molar-refractivity contribution in [1.82, 2.24) is 0 Å². The number of hydrogen-bond donors (Lipinski definition) is 1. The van der Waals surface area contributed by atoms with Crippen LogP contribution in [0.3, 0.4) is 0 Å². The summed E-state index contributed by atoms with van der Waals surface area (Å²) in [6.07, 6.45) is -4.37. The predicted octanol–water partition coefficient (Wildman–Crippen LogP) is 3.42.